The fraction of sp³-hybridized carbons (Fsp3) is 0.560. The maximum atomic E-state index is 11.6. The topological polar surface area (TPSA) is 129 Å². The van der Waals surface area contributed by atoms with Gasteiger partial charge in [-0.15, -0.1) is 0 Å². The lowest BCUT2D eigenvalue weighted by molar-refractivity contribution is -0.132. The van der Waals surface area contributed by atoms with Gasteiger partial charge in [-0.2, -0.15) is 0 Å². The van der Waals surface area contributed by atoms with E-state index in [1.54, 1.807) is 11.1 Å². The largest absolute Gasteiger partial charge is 0.391 e. The van der Waals surface area contributed by atoms with Crippen LogP contribution in [0.1, 0.15) is 57.7 Å². The Morgan fingerprint density at radius 1 is 1.30 bits per heavy atom. The van der Waals surface area contributed by atoms with Crippen LogP contribution in [0.4, 0.5) is 0 Å². The van der Waals surface area contributed by atoms with Crippen LogP contribution < -0.4 is 11.1 Å². The first-order valence-corrected chi connectivity index (χ1v) is 11.4. The van der Waals surface area contributed by atoms with Gasteiger partial charge in [0.1, 0.15) is 5.60 Å². The molecule has 0 bridgehead atoms. The third-order valence-electron chi connectivity index (χ3n) is 5.58. The Kier molecular flexibility index (Phi) is 9.34. The number of aromatic nitrogens is 1. The molecule has 2 fully saturated rings. The van der Waals surface area contributed by atoms with Crippen molar-refractivity contribution in [3.63, 3.8) is 0 Å². The summed E-state index contributed by atoms with van der Waals surface area (Å²) in [5.74, 6) is 0.170. The molecule has 8 heteroatoms. The number of benzene rings is 1. The number of aliphatic hydroxyl groups is 2. The normalized spacial score (nSPS) is 18.5. The molecule has 1 aliphatic heterocycles. The summed E-state index contributed by atoms with van der Waals surface area (Å²) in [6, 6.07) is 7.86. The number of likely N-dealkylation sites (tertiary alicyclic amines) is 1. The summed E-state index contributed by atoms with van der Waals surface area (Å²) >= 11 is 0. The molecule has 1 saturated heterocycles. The average molecular weight is 459 g/mol. The molecule has 1 aromatic carbocycles. The lowest BCUT2D eigenvalue weighted by Gasteiger charge is -2.22. The summed E-state index contributed by atoms with van der Waals surface area (Å²) < 4.78 is 0. The van der Waals surface area contributed by atoms with E-state index in [1.165, 1.54) is 7.05 Å². The number of hydrogen-bond acceptors (Lipinski definition) is 6. The van der Waals surface area contributed by atoms with Crippen molar-refractivity contribution in [2.45, 2.75) is 64.7 Å². The predicted molar refractivity (Wildman–Crippen MR) is 129 cm³/mol. The number of carbonyl (C=O) groups excluding carboxylic acids is 2. The van der Waals surface area contributed by atoms with Crippen molar-refractivity contribution in [3.05, 3.63) is 41.7 Å². The van der Waals surface area contributed by atoms with E-state index in [4.69, 9.17) is 0 Å². The maximum absolute atomic E-state index is 11.6. The summed E-state index contributed by atoms with van der Waals surface area (Å²) in [6.45, 7) is 7.92. The highest BCUT2D eigenvalue weighted by atomic mass is 16.3. The van der Waals surface area contributed by atoms with Crippen LogP contribution in [-0.4, -0.2) is 58.7 Å². The molecule has 5 N–H and O–H groups in total. The lowest BCUT2D eigenvalue weighted by atomic mass is 9.92. The van der Waals surface area contributed by atoms with E-state index in [2.05, 4.69) is 36.8 Å². The summed E-state index contributed by atoms with van der Waals surface area (Å²) in [6.07, 6.45) is 4.99. The van der Waals surface area contributed by atoms with E-state index in [-0.39, 0.29) is 17.4 Å². The van der Waals surface area contributed by atoms with Crippen LogP contribution in [0.3, 0.4) is 0 Å². The Balaban J connectivity index is 0.000000228. The second-order valence-electron chi connectivity index (χ2n) is 9.77. The van der Waals surface area contributed by atoms with Crippen molar-refractivity contribution in [2.24, 2.45) is 11.1 Å². The molecule has 2 amide bonds. The van der Waals surface area contributed by atoms with Crippen molar-refractivity contribution >= 4 is 23.1 Å². The molecule has 0 radical (unpaired) electrons. The van der Waals surface area contributed by atoms with Crippen LogP contribution in [-0.2, 0) is 21.7 Å². The zero-order valence-corrected chi connectivity index (χ0v) is 20.2. The van der Waals surface area contributed by atoms with Gasteiger partial charge in [-0.25, -0.2) is 0 Å². The van der Waals surface area contributed by atoms with Crippen LogP contribution in [0.2, 0.25) is 0 Å². The number of nitrogens with two attached hydrogens (primary N) is 1. The predicted octanol–water partition coefficient (Wildman–Crippen LogP) is 2.05. The van der Waals surface area contributed by atoms with E-state index in [1.807, 2.05) is 24.3 Å². The minimum Gasteiger partial charge on any atom is -0.391 e. The monoisotopic (exact) mass is 458 g/mol. The van der Waals surface area contributed by atoms with Gasteiger partial charge in [0.05, 0.1) is 11.8 Å². The first-order valence-electron chi connectivity index (χ1n) is 11.4. The molecule has 2 heterocycles. The number of carbonyl (C=O) groups is 2. The first kappa shape index (κ1) is 26.7. The summed E-state index contributed by atoms with van der Waals surface area (Å²) in [5, 5.41) is 24.1. The SMILES string of the molecule is CC(C)(C)CC(=O)N1CCC(O)C1.CN.O=CNCc1ccc2c(C3(O)CC3)nccc2c1. The van der Waals surface area contributed by atoms with E-state index in [0.717, 1.165) is 47.8 Å². The van der Waals surface area contributed by atoms with Gasteiger partial charge >= 0.3 is 0 Å². The third-order valence-corrected chi connectivity index (χ3v) is 5.58. The number of nitrogens with one attached hydrogen (secondary N) is 1. The van der Waals surface area contributed by atoms with E-state index in [0.29, 0.717) is 25.9 Å². The van der Waals surface area contributed by atoms with Crippen molar-refractivity contribution in [1.29, 1.82) is 0 Å². The molecule has 4 rings (SSSR count). The number of fused-ring (bicyclic) bond motifs is 1. The number of amides is 2. The smallest absolute Gasteiger partial charge is 0.223 e. The maximum Gasteiger partial charge on any atom is 0.223 e. The van der Waals surface area contributed by atoms with Crippen LogP contribution in [0.15, 0.2) is 30.5 Å². The Hall–Kier alpha value is -2.55. The fourth-order valence-corrected chi connectivity index (χ4v) is 3.76. The molecular weight excluding hydrogens is 420 g/mol. The highest BCUT2D eigenvalue weighted by Gasteiger charge is 2.44. The molecule has 0 spiro atoms. The molecule has 33 heavy (non-hydrogen) atoms. The molecule has 8 nitrogen and oxygen atoms in total. The standard InChI is InChI=1S/C14H14N2O2.C10H19NO2.CH5N/c17-9-15-8-10-1-2-12-11(7-10)3-6-16-13(12)14(18)4-5-14;1-10(2,3)6-9(13)11-5-4-8(12)7-11;1-2/h1-3,6-7,9,18H,4-5,8H2,(H,15,17);8,12H,4-7H2,1-3H3;2H2,1H3. The third kappa shape index (κ3) is 7.77. The van der Waals surface area contributed by atoms with Crippen LogP contribution in [0.25, 0.3) is 10.8 Å². The number of pyridine rings is 1. The number of aliphatic hydroxyl groups excluding tert-OH is 1. The molecule has 1 saturated carbocycles. The van der Waals surface area contributed by atoms with E-state index < -0.39 is 5.60 Å². The Bertz CT molecular complexity index is 938. The van der Waals surface area contributed by atoms with Crippen LogP contribution in [0, 0.1) is 5.41 Å². The van der Waals surface area contributed by atoms with Gasteiger partial charge in [0, 0.05) is 37.6 Å². The van der Waals surface area contributed by atoms with Crippen molar-refractivity contribution < 1.29 is 19.8 Å². The lowest BCUT2D eigenvalue weighted by Crippen LogP contribution is -2.32. The minimum atomic E-state index is -0.720. The zero-order valence-electron chi connectivity index (χ0n) is 20.2. The second kappa shape index (κ2) is 11.5. The molecule has 1 aromatic heterocycles. The van der Waals surface area contributed by atoms with Crippen molar-refractivity contribution in [2.75, 3.05) is 20.1 Å². The fourth-order valence-electron chi connectivity index (χ4n) is 3.76. The van der Waals surface area contributed by atoms with Gasteiger partial charge < -0.3 is 26.2 Å². The summed E-state index contributed by atoms with van der Waals surface area (Å²) in [7, 11) is 1.50. The second-order valence-corrected chi connectivity index (χ2v) is 9.77. The quantitative estimate of drug-likeness (QED) is 0.508. The molecule has 2 aliphatic rings. The van der Waals surface area contributed by atoms with Gasteiger partial charge in [0.15, 0.2) is 0 Å². The summed E-state index contributed by atoms with van der Waals surface area (Å²) in [4.78, 5) is 28.0. The van der Waals surface area contributed by atoms with E-state index in [9.17, 15) is 19.8 Å². The Morgan fingerprint density at radius 2 is 2.00 bits per heavy atom. The van der Waals surface area contributed by atoms with E-state index >= 15 is 0 Å². The Labute approximate surface area is 196 Å². The number of hydrogen-bond donors (Lipinski definition) is 4. The molecule has 182 valence electrons. The average Bonchev–Trinajstić information content (AvgIpc) is 3.37. The highest BCUT2D eigenvalue weighted by Crippen LogP contribution is 2.46. The van der Waals surface area contributed by atoms with Crippen molar-refractivity contribution in [3.8, 4) is 0 Å². The number of rotatable bonds is 5. The van der Waals surface area contributed by atoms with Gasteiger partial charge in [0.2, 0.25) is 12.3 Å². The number of β-amino-alcohol motifs (C(OH)–C–C–N with tert-alkyl or cyclic N) is 1. The van der Waals surface area contributed by atoms with Gasteiger partial charge in [0.25, 0.3) is 0 Å². The minimum absolute atomic E-state index is 0.0463. The van der Waals surface area contributed by atoms with Crippen LogP contribution in [0.5, 0.6) is 0 Å². The summed E-state index contributed by atoms with van der Waals surface area (Å²) in [5.41, 5.74) is 5.64. The Morgan fingerprint density at radius 3 is 2.55 bits per heavy atom. The molecule has 2 aromatic rings. The molecular formula is C25H38N4O4. The van der Waals surface area contributed by atoms with Gasteiger partial charge in [-0.1, -0.05) is 32.9 Å². The molecule has 1 unspecified atom stereocenters. The first-order chi connectivity index (χ1) is 15.6. The molecule has 1 aliphatic carbocycles. The van der Waals surface area contributed by atoms with Gasteiger partial charge in [-0.3, -0.25) is 14.6 Å². The highest BCUT2D eigenvalue weighted by molar-refractivity contribution is 5.86. The number of nitrogens with zero attached hydrogens (tertiary/aromatic N) is 2. The molecule has 1 atom stereocenters. The van der Waals surface area contributed by atoms with Crippen LogP contribution >= 0.6 is 0 Å². The van der Waals surface area contributed by atoms with Crippen molar-refractivity contribution in [1.82, 2.24) is 15.2 Å². The zero-order chi connectivity index (χ0) is 24.6. The van der Waals surface area contributed by atoms with Gasteiger partial charge in [-0.05, 0) is 54.8 Å².